The summed E-state index contributed by atoms with van der Waals surface area (Å²) in [5.74, 6) is -0.132. The van der Waals surface area contributed by atoms with E-state index in [1.54, 1.807) is 6.92 Å². The molecule has 0 aromatic rings. The Kier molecular flexibility index (Phi) is 30.5. The molecule has 0 amide bonds. The molecule has 3 atom stereocenters. The van der Waals surface area contributed by atoms with Crippen molar-refractivity contribution in [2.24, 2.45) is 5.92 Å². The van der Waals surface area contributed by atoms with E-state index in [4.69, 9.17) is 0 Å². The minimum absolute atomic E-state index is 0. The Morgan fingerprint density at radius 2 is 1.32 bits per heavy atom. The van der Waals surface area contributed by atoms with Gasteiger partial charge in [0.2, 0.25) is 0 Å². The molecule has 0 bridgehead atoms. The standard InChI is InChI=1S/C8H21O10P3.4Na/c1-3-5-6-8(4-2)7-16-20(12,13)18-21(14,15)17-19(9,10)11;;;;/h8H,3-7H2,1-2H3,(H,12,13)(H,14,15)(H2,9,10,11);;;;/q;4*+1/p-4. The summed E-state index contributed by atoms with van der Waals surface area (Å²) in [6.45, 7) is 3.43. The SMILES string of the molecule is CCCCC(CC)COP(=O)([O-])OP(=O)([O-])OP(=O)([O-])[O-].[Na+].[Na+].[Na+].[Na+]. The third kappa shape index (κ3) is 24.6. The predicted octanol–water partition coefficient (Wildman–Crippen LogP) is -12.0. The molecule has 25 heavy (non-hydrogen) atoms. The molecule has 0 aliphatic rings. The van der Waals surface area contributed by atoms with Crippen LogP contribution in [0.1, 0.15) is 39.5 Å². The zero-order valence-electron chi connectivity index (χ0n) is 15.5. The van der Waals surface area contributed by atoms with Crippen LogP contribution in [0.3, 0.4) is 0 Å². The van der Waals surface area contributed by atoms with E-state index in [0.29, 0.717) is 12.8 Å². The molecule has 0 fully saturated rings. The molecule has 0 aliphatic carbocycles. The molecule has 0 heterocycles. The van der Waals surface area contributed by atoms with Gasteiger partial charge >= 0.3 is 118 Å². The van der Waals surface area contributed by atoms with E-state index < -0.39 is 23.5 Å². The van der Waals surface area contributed by atoms with Crippen LogP contribution in [0.15, 0.2) is 0 Å². The quantitative estimate of drug-likeness (QED) is 0.214. The largest absolute Gasteiger partial charge is 1.00 e. The number of hydrogen-bond donors (Lipinski definition) is 0. The number of unbranched alkanes of at least 4 members (excludes halogenated alkanes) is 1. The fourth-order valence-corrected chi connectivity index (χ4v) is 4.31. The summed E-state index contributed by atoms with van der Waals surface area (Å²) >= 11 is 0. The van der Waals surface area contributed by atoms with Crippen LogP contribution >= 0.6 is 23.5 Å². The molecule has 0 saturated heterocycles. The normalized spacial score (nSPS) is 16.6. The summed E-state index contributed by atoms with van der Waals surface area (Å²) in [7, 11) is -17.2. The van der Waals surface area contributed by atoms with E-state index in [9.17, 15) is 33.3 Å². The first-order valence-corrected chi connectivity index (χ1v) is 10.5. The van der Waals surface area contributed by atoms with E-state index >= 15 is 0 Å². The summed E-state index contributed by atoms with van der Waals surface area (Å²) in [5, 5.41) is 0. The Morgan fingerprint density at radius 3 is 1.68 bits per heavy atom. The van der Waals surface area contributed by atoms with Gasteiger partial charge in [0.25, 0.3) is 15.6 Å². The van der Waals surface area contributed by atoms with E-state index in [1.165, 1.54) is 0 Å². The second-order valence-corrected chi connectivity index (χ2v) is 8.47. The molecule has 0 saturated carbocycles. The van der Waals surface area contributed by atoms with Crippen molar-refractivity contribution in [2.75, 3.05) is 6.61 Å². The van der Waals surface area contributed by atoms with Crippen molar-refractivity contribution in [3.05, 3.63) is 0 Å². The molecule has 3 unspecified atom stereocenters. The molecule has 0 aromatic carbocycles. The van der Waals surface area contributed by atoms with Gasteiger partial charge in [-0.3, -0.25) is 13.4 Å². The summed E-state index contributed by atoms with van der Waals surface area (Å²) in [6.07, 6.45) is 3.01. The maximum absolute atomic E-state index is 11.3. The fraction of sp³-hybridized carbons (Fsp3) is 1.00. The molecule has 17 heteroatoms. The third-order valence-corrected chi connectivity index (χ3v) is 6.08. The topological polar surface area (TPSA) is 171 Å². The molecule has 0 aromatic heterocycles. The van der Waals surface area contributed by atoms with Crippen LogP contribution < -0.4 is 138 Å². The number of rotatable bonds is 11. The van der Waals surface area contributed by atoms with Crippen molar-refractivity contribution >= 4 is 23.5 Å². The smallest absolute Gasteiger partial charge is 0.790 e. The molecule has 0 radical (unpaired) electrons. The van der Waals surface area contributed by atoms with Gasteiger partial charge in [0, 0.05) is 0 Å². The van der Waals surface area contributed by atoms with Crippen LogP contribution in [-0.4, -0.2) is 6.61 Å². The predicted molar refractivity (Wildman–Crippen MR) is 64.2 cm³/mol. The second-order valence-electron chi connectivity index (χ2n) is 4.22. The monoisotopic (exact) mass is 458 g/mol. The van der Waals surface area contributed by atoms with Gasteiger partial charge in [0.15, 0.2) is 0 Å². The Balaban J connectivity index is -0.000000333. The van der Waals surface area contributed by atoms with Crippen molar-refractivity contribution in [3.63, 3.8) is 0 Å². The van der Waals surface area contributed by atoms with Crippen LogP contribution in [0, 0.1) is 5.92 Å². The first kappa shape index (κ1) is 39.8. The summed E-state index contributed by atoms with van der Waals surface area (Å²) in [5.41, 5.74) is 0. The fourth-order valence-electron chi connectivity index (χ4n) is 1.38. The number of phosphoric acid groups is 3. The number of hydrogen-bond acceptors (Lipinski definition) is 10. The van der Waals surface area contributed by atoms with E-state index in [-0.39, 0.29) is 131 Å². The van der Waals surface area contributed by atoms with Crippen LogP contribution in [-0.2, 0) is 26.8 Å². The van der Waals surface area contributed by atoms with Gasteiger partial charge in [-0.2, -0.15) is 0 Å². The molecule has 10 nitrogen and oxygen atoms in total. The van der Waals surface area contributed by atoms with E-state index in [1.807, 2.05) is 6.92 Å². The van der Waals surface area contributed by atoms with E-state index in [0.717, 1.165) is 12.8 Å². The first-order valence-electron chi connectivity index (χ1n) is 6.12. The molecule has 0 spiro atoms. The number of phosphoric ester groups is 1. The maximum Gasteiger partial charge on any atom is 1.00 e. The maximum atomic E-state index is 11.3. The minimum Gasteiger partial charge on any atom is -0.790 e. The molecule has 128 valence electrons. The van der Waals surface area contributed by atoms with Gasteiger partial charge in [-0.1, -0.05) is 33.1 Å². The Morgan fingerprint density at radius 1 is 0.840 bits per heavy atom. The van der Waals surface area contributed by atoms with Crippen molar-refractivity contribution in [2.45, 2.75) is 39.5 Å². The van der Waals surface area contributed by atoms with Crippen LogP contribution in [0.5, 0.6) is 0 Å². The molecular formula is C8H17Na4O10P3. The van der Waals surface area contributed by atoms with Crippen LogP contribution in [0.2, 0.25) is 0 Å². The van der Waals surface area contributed by atoms with Gasteiger partial charge in [0.05, 0.1) is 14.4 Å². The van der Waals surface area contributed by atoms with Crippen molar-refractivity contribution < 1.29 is 165 Å². The molecule has 0 rings (SSSR count). The second kappa shape index (κ2) is 19.1. The first-order chi connectivity index (χ1) is 9.41. The molecule has 0 aliphatic heterocycles. The molecular weight excluding hydrogens is 441 g/mol. The Labute approximate surface area is 236 Å². The summed E-state index contributed by atoms with van der Waals surface area (Å²) in [4.78, 5) is 42.4. The summed E-state index contributed by atoms with van der Waals surface area (Å²) < 4.78 is 43.2. The Hall–Kier alpha value is 4.41. The van der Waals surface area contributed by atoms with Gasteiger partial charge in [-0.25, -0.2) is 4.31 Å². The minimum atomic E-state index is -5.95. The van der Waals surface area contributed by atoms with Gasteiger partial charge in [-0.15, -0.1) is 0 Å². The van der Waals surface area contributed by atoms with Crippen LogP contribution in [0.4, 0.5) is 0 Å². The summed E-state index contributed by atoms with van der Waals surface area (Å²) in [6, 6.07) is 0. The van der Waals surface area contributed by atoms with Gasteiger partial charge in [0.1, 0.15) is 0 Å². The molecule has 0 N–H and O–H groups in total. The van der Waals surface area contributed by atoms with E-state index in [2.05, 4.69) is 13.1 Å². The zero-order chi connectivity index (χ0) is 16.7. The van der Waals surface area contributed by atoms with Crippen molar-refractivity contribution in [1.29, 1.82) is 0 Å². The van der Waals surface area contributed by atoms with Crippen molar-refractivity contribution in [3.8, 4) is 0 Å². The average Bonchev–Trinajstić information content (AvgIpc) is 2.24. The van der Waals surface area contributed by atoms with Gasteiger partial charge < -0.3 is 28.7 Å². The average molecular weight is 458 g/mol. The zero-order valence-corrected chi connectivity index (χ0v) is 26.2. The Bertz CT molecular complexity index is 461. The van der Waals surface area contributed by atoms with Crippen molar-refractivity contribution in [1.82, 2.24) is 0 Å². The third-order valence-electron chi connectivity index (χ3n) is 2.41. The van der Waals surface area contributed by atoms with Gasteiger partial charge in [-0.05, 0) is 12.3 Å². The van der Waals surface area contributed by atoms with Crippen LogP contribution in [0.25, 0.3) is 0 Å².